The Balaban J connectivity index is 2.09. The number of rotatable bonds is 2. The maximum absolute atomic E-state index is 12.2. The minimum Gasteiger partial charge on any atom is -0.347 e. The molecular weight excluding hydrogens is 268 g/mol. The van der Waals surface area contributed by atoms with E-state index in [1.54, 1.807) is 0 Å². The number of aryl methyl sites for hydroxylation is 1. The van der Waals surface area contributed by atoms with Crippen LogP contribution in [0.4, 0.5) is 0 Å². The summed E-state index contributed by atoms with van der Waals surface area (Å²) in [5.41, 5.74) is 0.967. The van der Waals surface area contributed by atoms with Crippen molar-refractivity contribution in [2.24, 2.45) is 5.92 Å². The van der Waals surface area contributed by atoms with Crippen LogP contribution in [0.2, 0.25) is 5.02 Å². The third-order valence-corrected chi connectivity index (χ3v) is 5.32. The molecule has 18 heavy (non-hydrogen) atoms. The van der Waals surface area contributed by atoms with Gasteiger partial charge < -0.3 is 10.6 Å². The van der Waals surface area contributed by atoms with Crippen molar-refractivity contribution in [1.82, 2.24) is 10.6 Å². The Morgan fingerprint density at radius 1 is 1.56 bits per heavy atom. The molecule has 2 rings (SSSR count). The Morgan fingerprint density at radius 2 is 2.28 bits per heavy atom. The Labute approximate surface area is 117 Å². The maximum Gasteiger partial charge on any atom is 0.263 e. The van der Waals surface area contributed by atoms with Crippen molar-refractivity contribution in [2.75, 3.05) is 6.54 Å². The lowest BCUT2D eigenvalue weighted by Crippen LogP contribution is -2.55. The predicted octanol–water partition coefficient (Wildman–Crippen LogP) is 2.83. The zero-order valence-electron chi connectivity index (χ0n) is 10.9. The fourth-order valence-electron chi connectivity index (χ4n) is 2.41. The minimum absolute atomic E-state index is 0.0505. The molecule has 0 spiro atoms. The number of halogens is 1. The van der Waals surface area contributed by atoms with E-state index in [-0.39, 0.29) is 11.9 Å². The van der Waals surface area contributed by atoms with Crippen LogP contribution in [-0.4, -0.2) is 24.5 Å². The van der Waals surface area contributed by atoms with Gasteiger partial charge in [-0.05, 0) is 43.7 Å². The molecular formula is C13H19ClN2OS. The monoisotopic (exact) mass is 286 g/mol. The van der Waals surface area contributed by atoms with Crippen LogP contribution in [0.25, 0.3) is 0 Å². The molecule has 1 aromatic heterocycles. The maximum atomic E-state index is 12.2. The molecule has 1 aliphatic heterocycles. The molecule has 0 aliphatic carbocycles. The number of thiophene rings is 1. The number of hydrogen-bond donors (Lipinski definition) is 2. The first-order valence-electron chi connectivity index (χ1n) is 6.28. The van der Waals surface area contributed by atoms with E-state index in [0.29, 0.717) is 21.9 Å². The third-order valence-electron chi connectivity index (χ3n) is 3.62. The Hall–Kier alpha value is -0.580. The standard InChI is InChI=1S/C13H19ClN2OS/c1-7-4-5-15-9(3)11(7)16-13(17)12-10(14)8(2)6-18-12/h6-7,9,11,15H,4-5H2,1-3H3,(H,16,17). The van der Waals surface area contributed by atoms with Crippen molar-refractivity contribution in [1.29, 1.82) is 0 Å². The van der Waals surface area contributed by atoms with Gasteiger partial charge in [0.1, 0.15) is 4.88 Å². The summed E-state index contributed by atoms with van der Waals surface area (Å²) in [6.45, 7) is 7.24. The first-order chi connectivity index (χ1) is 8.50. The second-order valence-corrected chi connectivity index (χ2v) is 6.33. The molecule has 2 N–H and O–H groups in total. The van der Waals surface area contributed by atoms with Crippen molar-refractivity contribution >= 4 is 28.8 Å². The molecule has 1 saturated heterocycles. The topological polar surface area (TPSA) is 41.1 Å². The molecule has 2 heterocycles. The SMILES string of the molecule is Cc1csc(C(=O)NC2C(C)CCNC2C)c1Cl. The number of hydrogen-bond acceptors (Lipinski definition) is 3. The first-order valence-corrected chi connectivity index (χ1v) is 7.54. The molecule has 3 atom stereocenters. The van der Waals surface area contributed by atoms with E-state index in [4.69, 9.17) is 11.6 Å². The lowest BCUT2D eigenvalue weighted by atomic mass is 9.89. The number of piperidine rings is 1. The van der Waals surface area contributed by atoms with E-state index >= 15 is 0 Å². The van der Waals surface area contributed by atoms with Gasteiger partial charge in [0.25, 0.3) is 5.91 Å². The molecule has 0 saturated carbocycles. The number of nitrogens with one attached hydrogen (secondary N) is 2. The molecule has 3 unspecified atom stereocenters. The second kappa shape index (κ2) is 5.59. The highest BCUT2D eigenvalue weighted by Crippen LogP contribution is 2.27. The second-order valence-electron chi connectivity index (χ2n) is 5.07. The average molecular weight is 287 g/mol. The lowest BCUT2D eigenvalue weighted by Gasteiger charge is -2.35. The molecule has 0 aromatic carbocycles. The van der Waals surface area contributed by atoms with Gasteiger partial charge in [-0.15, -0.1) is 11.3 Å². The largest absolute Gasteiger partial charge is 0.347 e. The van der Waals surface area contributed by atoms with Gasteiger partial charge in [-0.25, -0.2) is 0 Å². The molecule has 1 amide bonds. The number of amides is 1. The fourth-order valence-corrected chi connectivity index (χ4v) is 3.59. The summed E-state index contributed by atoms with van der Waals surface area (Å²) in [7, 11) is 0. The minimum atomic E-state index is -0.0505. The van der Waals surface area contributed by atoms with Crippen molar-refractivity contribution < 1.29 is 4.79 Å². The van der Waals surface area contributed by atoms with Crippen molar-refractivity contribution in [3.05, 3.63) is 20.8 Å². The van der Waals surface area contributed by atoms with Crippen LogP contribution in [0, 0.1) is 12.8 Å². The van der Waals surface area contributed by atoms with E-state index < -0.39 is 0 Å². The summed E-state index contributed by atoms with van der Waals surface area (Å²) in [5.74, 6) is 0.440. The van der Waals surface area contributed by atoms with Crippen LogP contribution in [0.15, 0.2) is 5.38 Å². The lowest BCUT2D eigenvalue weighted by molar-refractivity contribution is 0.0902. The van der Waals surface area contributed by atoms with Gasteiger partial charge in [0.2, 0.25) is 0 Å². The van der Waals surface area contributed by atoms with Crippen LogP contribution in [-0.2, 0) is 0 Å². The van der Waals surface area contributed by atoms with Gasteiger partial charge in [0.05, 0.1) is 5.02 Å². The zero-order chi connectivity index (χ0) is 13.3. The molecule has 1 aliphatic rings. The summed E-state index contributed by atoms with van der Waals surface area (Å²) in [6, 6.07) is 0.474. The van der Waals surface area contributed by atoms with E-state index in [1.165, 1.54) is 11.3 Å². The smallest absolute Gasteiger partial charge is 0.263 e. The van der Waals surface area contributed by atoms with Crippen molar-refractivity contribution in [2.45, 2.75) is 39.3 Å². The van der Waals surface area contributed by atoms with Crippen molar-refractivity contribution in [3.63, 3.8) is 0 Å². The summed E-state index contributed by atoms with van der Waals surface area (Å²) in [5, 5.41) is 9.01. The molecule has 1 fully saturated rings. The zero-order valence-corrected chi connectivity index (χ0v) is 12.5. The molecule has 5 heteroatoms. The van der Waals surface area contributed by atoms with Gasteiger partial charge >= 0.3 is 0 Å². The number of carbonyl (C=O) groups excluding carboxylic acids is 1. The average Bonchev–Trinajstić information content (AvgIpc) is 2.65. The van der Waals surface area contributed by atoms with Gasteiger partial charge in [0.15, 0.2) is 0 Å². The molecule has 0 radical (unpaired) electrons. The quantitative estimate of drug-likeness (QED) is 0.878. The van der Waals surface area contributed by atoms with Crippen LogP contribution in [0.1, 0.15) is 35.5 Å². The Bertz CT molecular complexity index is 436. The number of carbonyl (C=O) groups is 1. The third kappa shape index (κ3) is 2.71. The van der Waals surface area contributed by atoms with E-state index in [1.807, 2.05) is 12.3 Å². The predicted molar refractivity (Wildman–Crippen MR) is 76.6 cm³/mol. The van der Waals surface area contributed by atoms with Crippen LogP contribution in [0.5, 0.6) is 0 Å². The fraction of sp³-hybridized carbons (Fsp3) is 0.615. The summed E-state index contributed by atoms with van der Waals surface area (Å²) < 4.78 is 0. The highest BCUT2D eigenvalue weighted by atomic mass is 35.5. The molecule has 100 valence electrons. The molecule has 0 bridgehead atoms. The molecule has 3 nitrogen and oxygen atoms in total. The van der Waals surface area contributed by atoms with Crippen LogP contribution < -0.4 is 10.6 Å². The highest BCUT2D eigenvalue weighted by Gasteiger charge is 2.29. The van der Waals surface area contributed by atoms with E-state index in [0.717, 1.165) is 18.5 Å². The molecule has 1 aromatic rings. The highest BCUT2D eigenvalue weighted by molar-refractivity contribution is 7.13. The first kappa shape index (κ1) is 13.8. The summed E-state index contributed by atoms with van der Waals surface area (Å²) >= 11 is 7.54. The van der Waals surface area contributed by atoms with Gasteiger partial charge in [-0.2, -0.15) is 0 Å². The van der Waals surface area contributed by atoms with E-state index in [2.05, 4.69) is 24.5 Å². The Kier molecular flexibility index (Phi) is 4.30. The van der Waals surface area contributed by atoms with Crippen LogP contribution in [0.3, 0.4) is 0 Å². The normalized spacial score (nSPS) is 28.1. The van der Waals surface area contributed by atoms with Crippen molar-refractivity contribution in [3.8, 4) is 0 Å². The Morgan fingerprint density at radius 3 is 2.83 bits per heavy atom. The summed E-state index contributed by atoms with van der Waals surface area (Å²) in [6.07, 6.45) is 1.09. The van der Waals surface area contributed by atoms with Gasteiger partial charge in [0, 0.05) is 12.1 Å². The van der Waals surface area contributed by atoms with Gasteiger partial charge in [-0.1, -0.05) is 18.5 Å². The summed E-state index contributed by atoms with van der Waals surface area (Å²) in [4.78, 5) is 12.8. The van der Waals surface area contributed by atoms with Crippen LogP contribution >= 0.6 is 22.9 Å². The van der Waals surface area contributed by atoms with E-state index in [9.17, 15) is 4.79 Å². The van der Waals surface area contributed by atoms with Gasteiger partial charge in [-0.3, -0.25) is 4.79 Å².